The highest BCUT2D eigenvalue weighted by atomic mass is 31.2. The van der Waals surface area contributed by atoms with Gasteiger partial charge in [0.2, 0.25) is 0 Å². The van der Waals surface area contributed by atoms with Gasteiger partial charge in [-0.3, -0.25) is 0 Å². The van der Waals surface area contributed by atoms with Gasteiger partial charge in [0.05, 0.1) is 0 Å². The fourth-order valence-electron chi connectivity index (χ4n) is 1.38. The third-order valence-electron chi connectivity index (χ3n) is 2.05. The summed E-state index contributed by atoms with van der Waals surface area (Å²) >= 11 is 0. The summed E-state index contributed by atoms with van der Waals surface area (Å²) in [4.78, 5) is 0. The molecule has 1 N–H and O–H groups in total. The fourth-order valence-corrected chi connectivity index (χ4v) is 2.47. The van der Waals surface area contributed by atoms with Gasteiger partial charge in [0, 0.05) is 6.66 Å². The Morgan fingerprint density at radius 2 is 1.12 bits per heavy atom. The van der Waals surface area contributed by atoms with E-state index in [4.69, 9.17) is 14.2 Å². The summed E-state index contributed by atoms with van der Waals surface area (Å²) < 4.78 is 11.1. The Balaban J connectivity index is 2.07. The molecule has 88 valence electrons. The van der Waals surface area contributed by atoms with Crippen molar-refractivity contribution in [1.82, 2.24) is 0 Å². The van der Waals surface area contributed by atoms with Crippen LogP contribution in [0.25, 0.3) is 0 Å². The van der Waals surface area contributed by atoms with E-state index in [1.54, 1.807) is 6.66 Å². The zero-order chi connectivity index (χ0) is 12.1. The Morgan fingerprint density at radius 1 is 0.765 bits per heavy atom. The number of hydrogen-bond acceptors (Lipinski definition) is 3. The van der Waals surface area contributed by atoms with Crippen molar-refractivity contribution in [1.29, 1.82) is 5.16 Å². The predicted octanol–water partition coefficient (Wildman–Crippen LogP) is 4.38. The smallest absolute Gasteiger partial charge is 0.308 e. The van der Waals surface area contributed by atoms with Gasteiger partial charge in [-0.25, -0.2) is 5.16 Å². The summed E-state index contributed by atoms with van der Waals surface area (Å²) in [6, 6.07) is 18.6. The molecule has 2 aromatic rings. The van der Waals surface area contributed by atoms with E-state index < -0.39 is 7.51 Å². The van der Waals surface area contributed by atoms with Crippen molar-refractivity contribution in [3.63, 3.8) is 0 Å². The molecule has 0 radical (unpaired) electrons. The first kappa shape index (κ1) is 11.7. The average Bonchev–Trinajstić information content (AvgIpc) is 2.30. The van der Waals surface area contributed by atoms with Crippen LogP contribution in [0.15, 0.2) is 60.7 Å². The average molecular weight is 247 g/mol. The maximum Gasteiger partial charge on any atom is 0.308 e. The lowest BCUT2D eigenvalue weighted by Gasteiger charge is -2.19. The van der Waals surface area contributed by atoms with E-state index in [2.05, 4.69) is 0 Å². The van der Waals surface area contributed by atoms with Gasteiger partial charge in [-0.15, -0.1) is 0 Å². The van der Waals surface area contributed by atoms with Crippen molar-refractivity contribution in [3.05, 3.63) is 60.7 Å². The van der Waals surface area contributed by atoms with Crippen molar-refractivity contribution >= 4 is 7.51 Å². The third-order valence-corrected chi connectivity index (χ3v) is 3.16. The van der Waals surface area contributed by atoms with Gasteiger partial charge in [0.15, 0.2) is 0 Å². The molecule has 0 aliphatic heterocycles. The van der Waals surface area contributed by atoms with Crippen LogP contribution in [-0.4, -0.2) is 6.66 Å². The van der Waals surface area contributed by atoms with Crippen LogP contribution in [0.3, 0.4) is 0 Å². The minimum absolute atomic E-state index is 0.661. The van der Waals surface area contributed by atoms with Gasteiger partial charge in [-0.2, -0.15) is 0 Å². The summed E-state index contributed by atoms with van der Waals surface area (Å²) in [6.07, 6.45) is 0. The van der Waals surface area contributed by atoms with E-state index in [0.717, 1.165) is 0 Å². The molecule has 0 aromatic heterocycles. The SMILES string of the molecule is CP(=N)(Oc1ccccc1)Oc1ccccc1. The molecule has 2 rings (SSSR count). The molecule has 17 heavy (non-hydrogen) atoms. The number of rotatable bonds is 4. The molecule has 2 aromatic carbocycles. The first-order chi connectivity index (χ1) is 8.16. The zero-order valence-electron chi connectivity index (χ0n) is 9.54. The molecule has 0 saturated carbocycles. The molecule has 0 saturated heterocycles. The van der Waals surface area contributed by atoms with E-state index in [1.165, 1.54) is 0 Å². The second kappa shape index (κ2) is 5.07. The zero-order valence-corrected chi connectivity index (χ0v) is 10.4. The Kier molecular flexibility index (Phi) is 3.50. The molecule has 0 bridgehead atoms. The van der Waals surface area contributed by atoms with E-state index in [-0.39, 0.29) is 0 Å². The van der Waals surface area contributed by atoms with E-state index in [0.29, 0.717) is 11.5 Å². The first-order valence-corrected chi connectivity index (χ1v) is 7.34. The molecule has 0 aliphatic carbocycles. The van der Waals surface area contributed by atoms with Crippen LogP contribution in [0.5, 0.6) is 11.5 Å². The summed E-state index contributed by atoms with van der Waals surface area (Å²) in [5.41, 5.74) is 0. The topological polar surface area (TPSA) is 42.3 Å². The molecule has 0 atom stereocenters. The Morgan fingerprint density at radius 3 is 1.47 bits per heavy atom. The van der Waals surface area contributed by atoms with Crippen LogP contribution < -0.4 is 9.05 Å². The van der Waals surface area contributed by atoms with E-state index >= 15 is 0 Å². The number of benzene rings is 2. The molecular formula is C13H14NO2P. The molecule has 0 spiro atoms. The van der Waals surface area contributed by atoms with Gasteiger partial charge >= 0.3 is 7.51 Å². The summed E-state index contributed by atoms with van der Waals surface area (Å²) in [6.45, 7) is 1.67. The lowest BCUT2D eigenvalue weighted by Crippen LogP contribution is -1.98. The predicted molar refractivity (Wildman–Crippen MR) is 69.7 cm³/mol. The molecular weight excluding hydrogens is 233 g/mol. The fraction of sp³-hybridized carbons (Fsp3) is 0.0769. The molecule has 0 amide bonds. The van der Waals surface area contributed by atoms with Crippen LogP contribution in [0.1, 0.15) is 0 Å². The Labute approximate surface area is 101 Å². The summed E-state index contributed by atoms with van der Waals surface area (Å²) in [5.74, 6) is 1.32. The minimum atomic E-state index is -2.64. The Bertz CT molecular complexity index is 468. The van der Waals surface area contributed by atoms with Gasteiger partial charge < -0.3 is 9.05 Å². The molecule has 3 nitrogen and oxygen atoms in total. The number of hydrogen-bond donors (Lipinski definition) is 1. The van der Waals surface area contributed by atoms with E-state index in [1.807, 2.05) is 60.7 Å². The molecule has 4 heteroatoms. The second-order valence-electron chi connectivity index (χ2n) is 3.65. The Hall–Kier alpha value is -1.73. The van der Waals surface area contributed by atoms with Gasteiger partial charge in [-0.05, 0) is 24.3 Å². The maximum atomic E-state index is 8.07. The summed E-state index contributed by atoms with van der Waals surface area (Å²) in [5, 5.41) is 8.07. The lowest BCUT2D eigenvalue weighted by molar-refractivity contribution is 0.478. The van der Waals surface area contributed by atoms with E-state index in [9.17, 15) is 0 Å². The second-order valence-corrected chi connectivity index (χ2v) is 5.71. The molecule has 0 unspecified atom stereocenters. The molecule has 0 aliphatic rings. The monoisotopic (exact) mass is 247 g/mol. The largest absolute Gasteiger partial charge is 0.430 e. The number of nitrogens with one attached hydrogen (secondary N) is 1. The van der Waals surface area contributed by atoms with Gasteiger partial charge in [-0.1, -0.05) is 36.4 Å². The minimum Gasteiger partial charge on any atom is -0.430 e. The normalized spacial score (nSPS) is 10.9. The highest BCUT2D eigenvalue weighted by Crippen LogP contribution is 2.45. The van der Waals surface area contributed by atoms with Crippen LogP contribution >= 0.6 is 7.51 Å². The van der Waals surface area contributed by atoms with Crippen molar-refractivity contribution < 1.29 is 9.05 Å². The van der Waals surface area contributed by atoms with Crippen molar-refractivity contribution in [2.24, 2.45) is 0 Å². The maximum absolute atomic E-state index is 8.07. The quantitative estimate of drug-likeness (QED) is 0.814. The number of para-hydroxylation sites is 2. The van der Waals surface area contributed by atoms with Crippen LogP contribution in [0.2, 0.25) is 0 Å². The third kappa shape index (κ3) is 3.65. The van der Waals surface area contributed by atoms with Crippen LogP contribution in [-0.2, 0) is 0 Å². The summed E-state index contributed by atoms with van der Waals surface area (Å²) in [7, 11) is -2.64. The van der Waals surface area contributed by atoms with Gasteiger partial charge in [0.25, 0.3) is 0 Å². The first-order valence-electron chi connectivity index (χ1n) is 5.27. The van der Waals surface area contributed by atoms with Crippen molar-refractivity contribution in [2.45, 2.75) is 0 Å². The van der Waals surface area contributed by atoms with Crippen molar-refractivity contribution in [3.8, 4) is 11.5 Å². The van der Waals surface area contributed by atoms with Crippen LogP contribution in [0, 0.1) is 5.16 Å². The lowest BCUT2D eigenvalue weighted by atomic mass is 10.3. The van der Waals surface area contributed by atoms with Gasteiger partial charge in [0.1, 0.15) is 11.5 Å². The highest BCUT2D eigenvalue weighted by Gasteiger charge is 2.14. The van der Waals surface area contributed by atoms with Crippen LogP contribution in [0.4, 0.5) is 0 Å². The molecule has 0 heterocycles. The van der Waals surface area contributed by atoms with Crippen molar-refractivity contribution in [2.75, 3.05) is 6.66 Å². The molecule has 0 fully saturated rings. The standard InChI is InChI=1S/C13H14NO2P/c1-17(14,15-12-8-4-2-5-9-12)16-13-10-6-3-7-11-13/h2-11,14H,1H3. The highest BCUT2D eigenvalue weighted by molar-refractivity contribution is 7.55.